The van der Waals surface area contributed by atoms with Crippen LogP contribution in [0.25, 0.3) is 0 Å². The van der Waals surface area contributed by atoms with Gasteiger partial charge in [0.1, 0.15) is 5.76 Å². The van der Waals surface area contributed by atoms with Gasteiger partial charge < -0.3 is 14.8 Å². The first-order valence-electron chi connectivity index (χ1n) is 5.62. The summed E-state index contributed by atoms with van der Waals surface area (Å²) in [5.41, 5.74) is 0. The summed E-state index contributed by atoms with van der Waals surface area (Å²) in [7, 11) is 0. The van der Waals surface area contributed by atoms with Crippen LogP contribution in [0.3, 0.4) is 0 Å². The van der Waals surface area contributed by atoms with E-state index >= 15 is 0 Å². The molecule has 7 heteroatoms. The van der Waals surface area contributed by atoms with Crippen molar-refractivity contribution in [3.8, 4) is 0 Å². The van der Waals surface area contributed by atoms with Crippen LogP contribution in [0.5, 0.6) is 0 Å². The van der Waals surface area contributed by atoms with E-state index < -0.39 is 5.97 Å². The number of carbonyl (C=O) groups excluding carboxylic acids is 1. The zero-order chi connectivity index (χ0) is 13.7. The number of hydrogen-bond acceptors (Lipinski definition) is 5. The van der Waals surface area contributed by atoms with Crippen molar-refractivity contribution < 1.29 is 19.1 Å². The number of carboxylic acid groups (broad SMARTS) is 1. The summed E-state index contributed by atoms with van der Waals surface area (Å²) in [6.45, 7) is 0.185. The second-order valence-electron chi connectivity index (χ2n) is 3.77. The Kier molecular flexibility index (Phi) is 4.30. The van der Waals surface area contributed by atoms with Crippen molar-refractivity contribution in [3.63, 3.8) is 0 Å². The molecule has 0 aliphatic rings. The number of carbonyl (C=O) groups is 2. The number of nitrogens with zero attached hydrogens (tertiary/aromatic N) is 1. The molecule has 100 valence electrons. The predicted octanol–water partition coefficient (Wildman–Crippen LogP) is 1.68. The van der Waals surface area contributed by atoms with Crippen molar-refractivity contribution in [1.29, 1.82) is 0 Å². The fraction of sp³-hybridized carbons (Fsp3) is 0.250. The Morgan fingerprint density at radius 1 is 1.42 bits per heavy atom. The average Bonchev–Trinajstić information content (AvgIpc) is 3.05. The van der Waals surface area contributed by atoms with Crippen molar-refractivity contribution in [3.05, 3.63) is 40.2 Å². The Balaban J connectivity index is 1.75. The minimum atomic E-state index is -1.12. The number of rotatable bonds is 6. The smallest absolute Gasteiger partial charge is 0.371 e. The third-order valence-corrected chi connectivity index (χ3v) is 3.22. The number of furan rings is 1. The van der Waals surface area contributed by atoms with Crippen LogP contribution in [0.15, 0.2) is 28.1 Å². The number of amides is 1. The number of thiazole rings is 1. The Labute approximate surface area is 113 Å². The van der Waals surface area contributed by atoms with Gasteiger partial charge in [0.15, 0.2) is 0 Å². The largest absolute Gasteiger partial charge is 0.475 e. The maximum atomic E-state index is 11.6. The number of hydrogen-bond donors (Lipinski definition) is 2. The highest BCUT2D eigenvalue weighted by molar-refractivity contribution is 7.09. The summed E-state index contributed by atoms with van der Waals surface area (Å²) in [5.74, 6) is -0.961. The predicted molar refractivity (Wildman–Crippen MR) is 67.9 cm³/mol. The second kappa shape index (κ2) is 6.14. The standard InChI is InChI=1S/C12H12N2O4S/c15-10(3-4-11-13-5-6-19-11)14-7-8-1-2-9(18-8)12(16)17/h1-2,5-6H,3-4,7H2,(H,14,15)(H,16,17). The van der Waals surface area contributed by atoms with E-state index in [1.165, 1.54) is 23.5 Å². The van der Waals surface area contributed by atoms with Gasteiger partial charge in [-0.1, -0.05) is 0 Å². The van der Waals surface area contributed by atoms with Crippen molar-refractivity contribution >= 4 is 23.2 Å². The zero-order valence-electron chi connectivity index (χ0n) is 9.96. The van der Waals surface area contributed by atoms with E-state index in [4.69, 9.17) is 9.52 Å². The van der Waals surface area contributed by atoms with Crippen LogP contribution in [0, 0.1) is 0 Å². The number of nitrogens with one attached hydrogen (secondary N) is 1. The normalized spacial score (nSPS) is 10.3. The van der Waals surface area contributed by atoms with Crippen molar-refractivity contribution in [2.75, 3.05) is 0 Å². The lowest BCUT2D eigenvalue weighted by atomic mass is 10.3. The number of carboxylic acids is 1. The van der Waals surface area contributed by atoms with Gasteiger partial charge in [0.2, 0.25) is 11.7 Å². The molecule has 0 unspecified atom stereocenters. The molecule has 0 radical (unpaired) electrons. The van der Waals surface area contributed by atoms with E-state index in [0.29, 0.717) is 18.6 Å². The lowest BCUT2D eigenvalue weighted by molar-refractivity contribution is -0.121. The lowest BCUT2D eigenvalue weighted by Gasteiger charge is -2.01. The first-order chi connectivity index (χ1) is 9.15. The van der Waals surface area contributed by atoms with Gasteiger partial charge in [-0.2, -0.15) is 0 Å². The average molecular weight is 280 g/mol. The van der Waals surface area contributed by atoms with Crippen LogP contribution >= 0.6 is 11.3 Å². The first kappa shape index (κ1) is 13.3. The Morgan fingerprint density at radius 2 is 2.26 bits per heavy atom. The number of aromatic carboxylic acids is 1. The van der Waals surface area contributed by atoms with Gasteiger partial charge in [-0.25, -0.2) is 9.78 Å². The van der Waals surface area contributed by atoms with E-state index in [9.17, 15) is 9.59 Å². The van der Waals surface area contributed by atoms with Crippen molar-refractivity contribution in [2.45, 2.75) is 19.4 Å². The molecule has 6 nitrogen and oxygen atoms in total. The lowest BCUT2D eigenvalue weighted by Crippen LogP contribution is -2.22. The minimum Gasteiger partial charge on any atom is -0.475 e. The molecule has 1 amide bonds. The molecule has 0 saturated heterocycles. The van der Waals surface area contributed by atoms with E-state index in [-0.39, 0.29) is 18.2 Å². The van der Waals surface area contributed by atoms with Crippen LogP contribution in [-0.4, -0.2) is 22.0 Å². The minimum absolute atomic E-state index is 0.122. The number of aryl methyl sites for hydroxylation is 1. The third kappa shape index (κ3) is 3.92. The quantitative estimate of drug-likeness (QED) is 0.840. The molecule has 0 atom stereocenters. The van der Waals surface area contributed by atoms with Crippen molar-refractivity contribution in [1.82, 2.24) is 10.3 Å². The molecule has 0 saturated carbocycles. The molecule has 0 aliphatic carbocycles. The second-order valence-corrected chi connectivity index (χ2v) is 4.75. The summed E-state index contributed by atoms with van der Waals surface area (Å²) >= 11 is 1.51. The fourth-order valence-electron chi connectivity index (χ4n) is 1.46. The highest BCUT2D eigenvalue weighted by Crippen LogP contribution is 2.08. The molecule has 0 bridgehead atoms. The molecule has 2 aromatic heterocycles. The summed E-state index contributed by atoms with van der Waals surface area (Å²) in [5, 5.41) is 14.1. The van der Waals surface area contributed by atoms with E-state index in [1.54, 1.807) is 6.20 Å². The summed E-state index contributed by atoms with van der Waals surface area (Å²) in [6, 6.07) is 2.89. The fourth-order valence-corrected chi connectivity index (χ4v) is 2.08. The monoisotopic (exact) mass is 280 g/mol. The highest BCUT2D eigenvalue weighted by Gasteiger charge is 2.10. The van der Waals surface area contributed by atoms with Crippen LogP contribution in [0.4, 0.5) is 0 Å². The molecule has 0 aromatic carbocycles. The van der Waals surface area contributed by atoms with Crippen LogP contribution in [0.2, 0.25) is 0 Å². The van der Waals surface area contributed by atoms with Gasteiger partial charge in [-0.15, -0.1) is 11.3 Å². The van der Waals surface area contributed by atoms with Gasteiger partial charge >= 0.3 is 5.97 Å². The van der Waals surface area contributed by atoms with Gasteiger partial charge in [-0.3, -0.25) is 4.79 Å². The summed E-state index contributed by atoms with van der Waals surface area (Å²) < 4.78 is 5.02. The van der Waals surface area contributed by atoms with E-state index in [0.717, 1.165) is 5.01 Å². The summed E-state index contributed by atoms with van der Waals surface area (Å²) in [6.07, 6.45) is 2.65. The topological polar surface area (TPSA) is 92.4 Å². The van der Waals surface area contributed by atoms with Gasteiger partial charge in [0.25, 0.3) is 0 Å². The molecule has 19 heavy (non-hydrogen) atoms. The van der Waals surface area contributed by atoms with Gasteiger partial charge in [0.05, 0.1) is 11.6 Å². The number of aromatic nitrogens is 1. The molecular weight excluding hydrogens is 268 g/mol. The molecule has 2 aromatic rings. The maximum absolute atomic E-state index is 11.6. The molecule has 2 rings (SSSR count). The van der Waals surface area contributed by atoms with E-state index in [2.05, 4.69) is 10.3 Å². The van der Waals surface area contributed by atoms with Gasteiger partial charge in [0, 0.05) is 24.4 Å². The molecule has 2 heterocycles. The van der Waals surface area contributed by atoms with Crippen molar-refractivity contribution in [2.24, 2.45) is 0 Å². The Bertz CT molecular complexity index is 562. The molecule has 0 fully saturated rings. The van der Waals surface area contributed by atoms with Crippen LogP contribution in [0.1, 0.15) is 27.7 Å². The SMILES string of the molecule is O=C(CCc1nccs1)NCc1ccc(C(=O)O)o1. The Hall–Kier alpha value is -2.15. The molecule has 2 N–H and O–H groups in total. The third-order valence-electron chi connectivity index (χ3n) is 2.38. The van der Waals surface area contributed by atoms with Crippen LogP contribution < -0.4 is 5.32 Å². The molecule has 0 aliphatic heterocycles. The maximum Gasteiger partial charge on any atom is 0.371 e. The van der Waals surface area contributed by atoms with Gasteiger partial charge in [-0.05, 0) is 12.1 Å². The molecular formula is C12H12N2O4S. The molecule has 0 spiro atoms. The first-order valence-corrected chi connectivity index (χ1v) is 6.50. The Morgan fingerprint density at radius 3 is 2.89 bits per heavy atom. The highest BCUT2D eigenvalue weighted by atomic mass is 32.1. The van der Waals surface area contributed by atoms with E-state index in [1.807, 2.05) is 5.38 Å². The van der Waals surface area contributed by atoms with Crippen LogP contribution in [-0.2, 0) is 17.8 Å². The zero-order valence-corrected chi connectivity index (χ0v) is 10.8. The summed E-state index contributed by atoms with van der Waals surface area (Å²) in [4.78, 5) is 26.2.